The van der Waals surface area contributed by atoms with E-state index >= 15 is 0 Å². The molecule has 4 aromatic rings. The largest absolute Gasteiger partial charge is 0.417 e. The van der Waals surface area contributed by atoms with Crippen LogP contribution in [0.1, 0.15) is 11.3 Å². The van der Waals surface area contributed by atoms with Gasteiger partial charge in [0.1, 0.15) is 12.5 Å². The van der Waals surface area contributed by atoms with Gasteiger partial charge in [0.2, 0.25) is 0 Å². The Hall–Kier alpha value is -4.56. The molecule has 0 aliphatic carbocycles. The van der Waals surface area contributed by atoms with E-state index in [2.05, 4.69) is 35.3 Å². The van der Waals surface area contributed by atoms with Gasteiger partial charge < -0.3 is 15.0 Å². The molecule has 0 amide bonds. The minimum Gasteiger partial charge on any atom is -0.378 e. The molecule has 0 atom stereocenters. The van der Waals surface area contributed by atoms with E-state index in [4.69, 9.17) is 4.74 Å². The maximum Gasteiger partial charge on any atom is 0.417 e. The molecule has 200 valence electrons. The highest BCUT2D eigenvalue weighted by Crippen LogP contribution is 2.38. The quantitative estimate of drug-likeness (QED) is 0.159. The van der Waals surface area contributed by atoms with E-state index in [9.17, 15) is 17.6 Å². The van der Waals surface area contributed by atoms with Crippen LogP contribution in [0.25, 0.3) is 11.1 Å². The van der Waals surface area contributed by atoms with Crippen molar-refractivity contribution in [1.82, 2.24) is 24.9 Å². The maximum atomic E-state index is 14.2. The molecule has 1 aliphatic rings. The zero-order valence-corrected chi connectivity index (χ0v) is 20.3. The van der Waals surface area contributed by atoms with Crippen molar-refractivity contribution < 1.29 is 27.7 Å². The Morgan fingerprint density at radius 2 is 1.74 bits per heavy atom. The maximum absolute atomic E-state index is 14.2. The van der Waals surface area contributed by atoms with E-state index in [0.29, 0.717) is 37.7 Å². The van der Waals surface area contributed by atoms with Crippen molar-refractivity contribution >= 4 is 29.4 Å². The normalized spacial score (nSPS) is 14.1. The van der Waals surface area contributed by atoms with Crippen molar-refractivity contribution in [2.45, 2.75) is 6.18 Å². The fourth-order valence-corrected chi connectivity index (χ4v) is 3.88. The third kappa shape index (κ3) is 6.48. The van der Waals surface area contributed by atoms with Gasteiger partial charge in [-0.2, -0.15) is 28.6 Å². The van der Waals surface area contributed by atoms with Gasteiger partial charge in [-0.1, -0.05) is 11.2 Å². The van der Waals surface area contributed by atoms with Crippen LogP contribution in [0.15, 0.2) is 66.5 Å². The Morgan fingerprint density at radius 1 is 0.974 bits per heavy atom. The van der Waals surface area contributed by atoms with Crippen molar-refractivity contribution in [1.29, 1.82) is 0 Å². The van der Waals surface area contributed by atoms with Crippen LogP contribution < -0.4 is 15.6 Å². The summed E-state index contributed by atoms with van der Waals surface area (Å²) in [6.45, 7) is 2.05. The third-order valence-corrected chi connectivity index (χ3v) is 5.72. The second kappa shape index (κ2) is 11.4. The lowest BCUT2D eigenvalue weighted by Gasteiger charge is -2.27. The van der Waals surface area contributed by atoms with Gasteiger partial charge in [0.05, 0.1) is 42.6 Å². The Morgan fingerprint density at radius 3 is 2.46 bits per heavy atom. The Bertz CT molecular complexity index is 1440. The van der Waals surface area contributed by atoms with E-state index < -0.39 is 17.6 Å². The number of rotatable bonds is 7. The first-order valence-electron chi connectivity index (χ1n) is 11.8. The van der Waals surface area contributed by atoms with Crippen LogP contribution in [0.3, 0.4) is 0 Å². The molecule has 10 nitrogen and oxygen atoms in total. The number of nitrogens with one attached hydrogen (secondary N) is 1. The van der Waals surface area contributed by atoms with E-state index in [1.807, 2.05) is 0 Å². The highest BCUT2D eigenvalue weighted by Gasteiger charge is 2.34. The van der Waals surface area contributed by atoms with Crippen LogP contribution in [0, 0.1) is 5.82 Å². The molecular formula is C25H22F4N9O+. The average Bonchev–Trinajstić information content (AvgIpc) is 2.95. The van der Waals surface area contributed by atoms with Crippen LogP contribution in [-0.4, -0.2) is 57.4 Å². The lowest BCUT2D eigenvalue weighted by atomic mass is 10.0. The number of pyridine rings is 1. The first-order valence-corrected chi connectivity index (χ1v) is 11.8. The summed E-state index contributed by atoms with van der Waals surface area (Å²) in [4.78, 5) is 21.8. The molecule has 39 heavy (non-hydrogen) atoms. The number of quaternary nitrogens is 1. The third-order valence-electron chi connectivity index (χ3n) is 5.72. The van der Waals surface area contributed by atoms with E-state index in [1.54, 1.807) is 17.0 Å². The number of nitrogens with two attached hydrogens (primary N) is 1. The van der Waals surface area contributed by atoms with E-state index in [1.165, 1.54) is 48.7 Å². The molecule has 0 unspecified atom stereocenters. The van der Waals surface area contributed by atoms with Crippen LogP contribution in [0.4, 0.5) is 40.7 Å². The summed E-state index contributed by atoms with van der Waals surface area (Å²) in [5.74, 6) is -0.0885. The molecule has 1 aromatic carbocycles. The fourth-order valence-electron chi connectivity index (χ4n) is 3.88. The molecular weight excluding hydrogens is 518 g/mol. The van der Waals surface area contributed by atoms with Gasteiger partial charge in [0.15, 0.2) is 11.6 Å². The molecule has 4 heterocycles. The number of hydrogen-bond acceptors (Lipinski definition) is 9. The standard InChI is InChI=1S/C25H21F4N9O/c26-22-14-33-24(36-23(22)38-5-7-39-8-6-38)37-34-13-18-1-2-19(12-32-18)35-17-3-4-20(16-10-30-15-31-11-16)21(9-17)25(27,28)29/h1-4,9-15,35H,5-8H2,(H,33,36,37)/p+1/b34-13+. The van der Waals surface area contributed by atoms with Crippen molar-refractivity contribution in [2.24, 2.45) is 5.10 Å². The Labute approximate surface area is 219 Å². The van der Waals surface area contributed by atoms with Gasteiger partial charge in [0, 0.05) is 36.7 Å². The summed E-state index contributed by atoms with van der Waals surface area (Å²) in [7, 11) is 0. The summed E-state index contributed by atoms with van der Waals surface area (Å²) in [6.07, 6.45) is 3.37. The van der Waals surface area contributed by atoms with E-state index in [0.717, 1.165) is 12.3 Å². The summed E-state index contributed by atoms with van der Waals surface area (Å²) < 4.78 is 60.7. The molecule has 3 aromatic heterocycles. The molecule has 14 heteroatoms. The second-order valence-corrected chi connectivity index (χ2v) is 8.39. The number of morpholine rings is 1. The van der Waals surface area contributed by atoms with Crippen molar-refractivity contribution in [3.05, 3.63) is 78.5 Å². The lowest BCUT2D eigenvalue weighted by molar-refractivity contribution is -0.584. The molecule has 3 N–H and O–H groups in total. The van der Waals surface area contributed by atoms with Gasteiger partial charge in [-0.25, -0.2) is 14.4 Å². The van der Waals surface area contributed by atoms with Crippen molar-refractivity contribution in [3.63, 3.8) is 0 Å². The highest BCUT2D eigenvalue weighted by molar-refractivity contribution is 5.77. The van der Waals surface area contributed by atoms with Gasteiger partial charge in [0.25, 0.3) is 0 Å². The number of ether oxygens (including phenoxy) is 1. The van der Waals surface area contributed by atoms with Crippen LogP contribution >= 0.6 is 0 Å². The summed E-state index contributed by atoms with van der Waals surface area (Å²) in [5, 5.41) is 7.09. The minimum absolute atomic E-state index is 0.0169. The Kier molecular flexibility index (Phi) is 7.65. The molecule has 0 radical (unpaired) electrons. The SMILES string of the molecule is Fc1cnc([NH2+]/N=C/c2ccc(Nc3ccc(-c4cncnc4)c(C(F)(F)F)c3)cn2)nc1N1CCOCC1. The minimum atomic E-state index is -4.57. The zero-order chi connectivity index (χ0) is 27.2. The molecule has 5 rings (SSSR count). The number of benzene rings is 1. The summed E-state index contributed by atoms with van der Waals surface area (Å²) in [5.41, 5.74) is 2.03. The van der Waals surface area contributed by atoms with Gasteiger partial charge in [-0.15, -0.1) is 0 Å². The first kappa shape index (κ1) is 26.1. The summed E-state index contributed by atoms with van der Waals surface area (Å²) in [6, 6.07) is 7.24. The highest BCUT2D eigenvalue weighted by atomic mass is 19.4. The second-order valence-electron chi connectivity index (χ2n) is 8.39. The predicted molar refractivity (Wildman–Crippen MR) is 134 cm³/mol. The molecule has 1 saturated heterocycles. The Balaban J connectivity index is 1.25. The summed E-state index contributed by atoms with van der Waals surface area (Å²) >= 11 is 0. The van der Waals surface area contributed by atoms with Gasteiger partial charge >= 0.3 is 12.1 Å². The lowest BCUT2D eigenvalue weighted by Crippen LogP contribution is -2.72. The van der Waals surface area contributed by atoms with Crippen LogP contribution in [-0.2, 0) is 10.9 Å². The van der Waals surface area contributed by atoms with Crippen LogP contribution in [0.2, 0.25) is 0 Å². The zero-order valence-electron chi connectivity index (χ0n) is 20.3. The van der Waals surface area contributed by atoms with Gasteiger partial charge in [-0.3, -0.25) is 4.98 Å². The van der Waals surface area contributed by atoms with E-state index in [-0.39, 0.29) is 28.6 Å². The molecule has 1 aliphatic heterocycles. The first-order chi connectivity index (χ1) is 18.9. The molecule has 0 spiro atoms. The number of hydrogen-bond donors (Lipinski definition) is 2. The fraction of sp³-hybridized carbons (Fsp3) is 0.200. The van der Waals surface area contributed by atoms with Crippen molar-refractivity contribution in [2.75, 3.05) is 36.5 Å². The van der Waals surface area contributed by atoms with Crippen LogP contribution in [0.5, 0.6) is 0 Å². The molecule has 0 saturated carbocycles. The number of nitrogens with zero attached hydrogens (tertiary/aromatic N) is 7. The average molecular weight is 541 g/mol. The number of anilines is 3. The molecule has 1 fully saturated rings. The predicted octanol–water partition coefficient (Wildman–Crippen LogP) is 3.30. The monoisotopic (exact) mass is 540 g/mol. The molecule has 0 bridgehead atoms. The number of halogens is 4. The number of alkyl halides is 3. The van der Waals surface area contributed by atoms with Gasteiger partial charge in [-0.05, 0) is 29.8 Å². The topological polar surface area (TPSA) is 118 Å². The van der Waals surface area contributed by atoms with Crippen molar-refractivity contribution in [3.8, 4) is 11.1 Å². The number of aromatic nitrogens is 5. The smallest absolute Gasteiger partial charge is 0.378 e.